The molecule has 2 atom stereocenters. The van der Waals surface area contributed by atoms with Crippen LogP contribution in [-0.2, 0) is 4.79 Å². The maximum Gasteiger partial charge on any atom is 0.224 e. The van der Waals surface area contributed by atoms with Crippen molar-refractivity contribution in [1.29, 1.82) is 0 Å². The minimum Gasteiger partial charge on any atom is -0.353 e. The zero-order valence-electron chi connectivity index (χ0n) is 11.2. The van der Waals surface area contributed by atoms with E-state index in [0.29, 0.717) is 6.04 Å². The second-order valence-corrected chi connectivity index (χ2v) is 6.45. The summed E-state index contributed by atoms with van der Waals surface area (Å²) < 4.78 is 0. The average Bonchev–Trinajstić information content (AvgIpc) is 2.95. The molecule has 0 radical (unpaired) electrons. The van der Waals surface area contributed by atoms with Crippen LogP contribution in [0.4, 0.5) is 0 Å². The number of nitrogens with two attached hydrogens (primary N) is 1. The van der Waals surface area contributed by atoms with Crippen molar-refractivity contribution in [2.45, 2.75) is 57.7 Å². The first-order valence-corrected chi connectivity index (χ1v) is 6.69. The molecule has 0 aromatic heterocycles. The fraction of sp³-hybridized carbons (Fsp3) is 0.923. The number of piperidine rings is 1. The monoisotopic (exact) mass is 239 g/mol. The summed E-state index contributed by atoms with van der Waals surface area (Å²) in [4.78, 5) is 14.2. The van der Waals surface area contributed by atoms with Crippen LogP contribution in [0.2, 0.25) is 0 Å². The second-order valence-electron chi connectivity index (χ2n) is 6.45. The molecule has 0 aromatic rings. The van der Waals surface area contributed by atoms with Crippen molar-refractivity contribution < 1.29 is 4.79 Å². The molecule has 1 heterocycles. The lowest BCUT2D eigenvalue weighted by atomic mass is 9.98. The van der Waals surface area contributed by atoms with Crippen LogP contribution in [0.3, 0.4) is 0 Å². The van der Waals surface area contributed by atoms with Gasteiger partial charge in [-0.1, -0.05) is 0 Å². The Balaban J connectivity index is 1.74. The lowest BCUT2D eigenvalue weighted by Crippen LogP contribution is -2.51. The van der Waals surface area contributed by atoms with Crippen LogP contribution in [0.25, 0.3) is 0 Å². The Kier molecular flexibility index (Phi) is 3.46. The summed E-state index contributed by atoms with van der Waals surface area (Å²) in [7, 11) is 0. The molecule has 0 aromatic carbocycles. The van der Waals surface area contributed by atoms with Crippen LogP contribution in [0.15, 0.2) is 0 Å². The minimum absolute atomic E-state index is 0.0932. The molecule has 2 unspecified atom stereocenters. The van der Waals surface area contributed by atoms with E-state index in [0.717, 1.165) is 32.4 Å². The zero-order chi connectivity index (χ0) is 12.6. The fourth-order valence-corrected chi connectivity index (χ4v) is 2.52. The van der Waals surface area contributed by atoms with Gasteiger partial charge in [-0.05, 0) is 40.0 Å². The fourth-order valence-electron chi connectivity index (χ4n) is 2.52. The summed E-state index contributed by atoms with van der Waals surface area (Å²) in [5.74, 6) is 0.266. The number of likely N-dealkylation sites (tertiary alicyclic amines) is 1. The third kappa shape index (κ3) is 3.19. The predicted octanol–water partition coefficient (Wildman–Crippen LogP) is 0.713. The molecule has 17 heavy (non-hydrogen) atoms. The summed E-state index contributed by atoms with van der Waals surface area (Å²) in [6.45, 7) is 8.88. The third-order valence-corrected chi connectivity index (χ3v) is 3.97. The van der Waals surface area contributed by atoms with Crippen molar-refractivity contribution in [3.8, 4) is 0 Å². The summed E-state index contributed by atoms with van der Waals surface area (Å²) in [6, 6.07) is 0.471. The molecule has 0 spiro atoms. The number of hydrogen-bond acceptors (Lipinski definition) is 3. The van der Waals surface area contributed by atoms with Crippen molar-refractivity contribution in [2.24, 2.45) is 11.7 Å². The number of carbonyl (C=O) groups excluding carboxylic acids is 1. The van der Waals surface area contributed by atoms with Gasteiger partial charge in [0.1, 0.15) is 0 Å². The van der Waals surface area contributed by atoms with Crippen LogP contribution < -0.4 is 11.1 Å². The highest BCUT2D eigenvalue weighted by atomic mass is 16.2. The van der Waals surface area contributed by atoms with Gasteiger partial charge in [0.25, 0.3) is 0 Å². The Morgan fingerprint density at radius 3 is 2.24 bits per heavy atom. The second kappa shape index (κ2) is 4.58. The first-order valence-electron chi connectivity index (χ1n) is 6.69. The van der Waals surface area contributed by atoms with Crippen LogP contribution in [-0.4, -0.2) is 41.5 Å². The highest BCUT2D eigenvalue weighted by molar-refractivity contribution is 5.82. The molecule has 2 fully saturated rings. The zero-order valence-corrected chi connectivity index (χ0v) is 11.2. The number of amides is 1. The van der Waals surface area contributed by atoms with Gasteiger partial charge in [0.05, 0.1) is 5.92 Å². The molecule has 1 saturated heterocycles. The first kappa shape index (κ1) is 12.8. The topological polar surface area (TPSA) is 58.4 Å². The number of nitrogens with zero attached hydrogens (tertiary/aromatic N) is 1. The molecule has 4 heteroatoms. The standard InChI is InChI=1S/C13H25N3O/c1-13(2,3)16-6-4-9(5-7-16)15-12(17)10-8-11(10)14/h9-11H,4-8,14H2,1-3H3,(H,15,17). The quantitative estimate of drug-likeness (QED) is 0.746. The van der Waals surface area contributed by atoms with Crippen molar-refractivity contribution in [1.82, 2.24) is 10.2 Å². The van der Waals surface area contributed by atoms with Gasteiger partial charge in [-0.15, -0.1) is 0 Å². The van der Waals surface area contributed by atoms with Gasteiger partial charge < -0.3 is 11.1 Å². The number of carbonyl (C=O) groups is 1. The molecule has 0 bridgehead atoms. The Morgan fingerprint density at radius 1 is 1.29 bits per heavy atom. The SMILES string of the molecule is CC(C)(C)N1CCC(NC(=O)C2CC2N)CC1. The molecule has 98 valence electrons. The van der Waals surface area contributed by atoms with Crippen LogP contribution in [0, 0.1) is 5.92 Å². The predicted molar refractivity (Wildman–Crippen MR) is 68.6 cm³/mol. The van der Waals surface area contributed by atoms with Crippen LogP contribution >= 0.6 is 0 Å². The Hall–Kier alpha value is -0.610. The van der Waals surface area contributed by atoms with E-state index in [1.165, 1.54) is 0 Å². The van der Waals surface area contributed by atoms with Crippen LogP contribution in [0.1, 0.15) is 40.0 Å². The molecule has 1 saturated carbocycles. The van der Waals surface area contributed by atoms with Gasteiger partial charge in [-0.25, -0.2) is 0 Å². The molecule has 1 amide bonds. The molecule has 3 N–H and O–H groups in total. The number of nitrogens with one attached hydrogen (secondary N) is 1. The smallest absolute Gasteiger partial charge is 0.224 e. The van der Waals surface area contributed by atoms with Gasteiger partial charge in [0, 0.05) is 30.7 Å². The largest absolute Gasteiger partial charge is 0.353 e. The molecular weight excluding hydrogens is 214 g/mol. The van der Waals surface area contributed by atoms with Gasteiger partial charge in [0.15, 0.2) is 0 Å². The van der Waals surface area contributed by atoms with Gasteiger partial charge in [-0.2, -0.15) is 0 Å². The molecule has 2 aliphatic rings. The molecule has 1 aliphatic carbocycles. The molecular formula is C13H25N3O. The van der Waals surface area contributed by atoms with Crippen molar-refractivity contribution in [2.75, 3.05) is 13.1 Å². The van der Waals surface area contributed by atoms with E-state index < -0.39 is 0 Å². The highest BCUT2D eigenvalue weighted by Gasteiger charge is 2.41. The third-order valence-electron chi connectivity index (χ3n) is 3.97. The van der Waals surface area contributed by atoms with Gasteiger partial charge in [-0.3, -0.25) is 9.69 Å². The lowest BCUT2D eigenvalue weighted by molar-refractivity contribution is -0.123. The van der Waals surface area contributed by atoms with E-state index in [1.807, 2.05) is 0 Å². The lowest BCUT2D eigenvalue weighted by Gasteiger charge is -2.41. The van der Waals surface area contributed by atoms with Gasteiger partial charge in [0.2, 0.25) is 5.91 Å². The molecule has 1 aliphatic heterocycles. The maximum atomic E-state index is 11.8. The summed E-state index contributed by atoms with van der Waals surface area (Å²) in [6.07, 6.45) is 2.99. The van der Waals surface area contributed by atoms with Gasteiger partial charge >= 0.3 is 0 Å². The Bertz CT molecular complexity index is 290. The van der Waals surface area contributed by atoms with E-state index in [1.54, 1.807) is 0 Å². The summed E-state index contributed by atoms with van der Waals surface area (Å²) in [5.41, 5.74) is 5.93. The number of hydrogen-bond donors (Lipinski definition) is 2. The molecule has 2 rings (SSSR count). The summed E-state index contributed by atoms with van der Waals surface area (Å²) >= 11 is 0. The van der Waals surface area contributed by atoms with E-state index in [2.05, 4.69) is 31.0 Å². The molecule has 4 nitrogen and oxygen atoms in total. The van der Waals surface area contributed by atoms with Crippen molar-refractivity contribution in [3.05, 3.63) is 0 Å². The average molecular weight is 239 g/mol. The van der Waals surface area contributed by atoms with Crippen molar-refractivity contribution in [3.63, 3.8) is 0 Å². The van der Waals surface area contributed by atoms with E-state index in [9.17, 15) is 4.79 Å². The Labute approximate surface area is 104 Å². The number of rotatable bonds is 2. The van der Waals surface area contributed by atoms with E-state index in [-0.39, 0.29) is 23.4 Å². The highest BCUT2D eigenvalue weighted by Crippen LogP contribution is 2.28. The normalized spacial score (nSPS) is 31.3. The van der Waals surface area contributed by atoms with E-state index >= 15 is 0 Å². The van der Waals surface area contributed by atoms with E-state index in [4.69, 9.17) is 5.73 Å². The minimum atomic E-state index is 0.0932. The summed E-state index contributed by atoms with van der Waals surface area (Å²) in [5, 5.41) is 3.14. The Morgan fingerprint density at radius 2 is 1.82 bits per heavy atom. The van der Waals surface area contributed by atoms with Crippen LogP contribution in [0.5, 0.6) is 0 Å². The first-order chi connectivity index (χ1) is 7.88. The maximum absolute atomic E-state index is 11.8. The van der Waals surface area contributed by atoms with Crippen molar-refractivity contribution >= 4 is 5.91 Å².